The van der Waals surface area contributed by atoms with Crippen LogP contribution in [0.1, 0.15) is 11.3 Å². The lowest BCUT2D eigenvalue weighted by atomic mass is 10.1. The molecular formula is C12H18BrN3OS. The van der Waals surface area contributed by atoms with E-state index in [1.54, 1.807) is 11.3 Å². The average Bonchev–Trinajstić information content (AvgIpc) is 2.73. The van der Waals surface area contributed by atoms with Crippen molar-refractivity contribution < 1.29 is 4.79 Å². The van der Waals surface area contributed by atoms with Gasteiger partial charge in [-0.2, -0.15) is 0 Å². The molecule has 1 amide bonds. The molecule has 1 atom stereocenters. The zero-order valence-corrected chi connectivity index (χ0v) is 12.8. The van der Waals surface area contributed by atoms with E-state index in [4.69, 9.17) is 0 Å². The topological polar surface area (TPSA) is 44.4 Å². The summed E-state index contributed by atoms with van der Waals surface area (Å²) in [7, 11) is 2.09. The van der Waals surface area contributed by atoms with E-state index < -0.39 is 0 Å². The maximum atomic E-state index is 11.8. The van der Waals surface area contributed by atoms with E-state index in [1.807, 2.05) is 11.4 Å². The minimum absolute atomic E-state index is 0.118. The Morgan fingerprint density at radius 2 is 2.56 bits per heavy atom. The van der Waals surface area contributed by atoms with Crippen molar-refractivity contribution in [3.8, 4) is 0 Å². The Kier molecular flexibility index (Phi) is 5.17. The number of carbonyl (C=O) groups is 1. The summed E-state index contributed by atoms with van der Waals surface area (Å²) in [5.74, 6) is 0.118. The van der Waals surface area contributed by atoms with Crippen LogP contribution >= 0.6 is 27.3 Å². The third-order valence-electron chi connectivity index (χ3n) is 2.97. The summed E-state index contributed by atoms with van der Waals surface area (Å²) in [6.07, 6.45) is 0.552. The van der Waals surface area contributed by atoms with Gasteiger partial charge in [0.2, 0.25) is 5.91 Å². The SMILES string of the molecule is CN1CCNC(CC(=O)NCc2cc(Br)cs2)C1. The minimum Gasteiger partial charge on any atom is -0.351 e. The fourth-order valence-electron chi connectivity index (χ4n) is 2.06. The van der Waals surface area contributed by atoms with E-state index in [1.165, 1.54) is 4.88 Å². The van der Waals surface area contributed by atoms with Crippen LogP contribution in [0.15, 0.2) is 15.9 Å². The summed E-state index contributed by atoms with van der Waals surface area (Å²) in [4.78, 5) is 15.2. The van der Waals surface area contributed by atoms with Crippen LogP contribution in [0.4, 0.5) is 0 Å². The first-order valence-corrected chi connectivity index (χ1v) is 7.72. The number of piperazine rings is 1. The Balaban J connectivity index is 1.71. The van der Waals surface area contributed by atoms with Crippen LogP contribution in [0.25, 0.3) is 0 Å². The van der Waals surface area contributed by atoms with Crippen molar-refractivity contribution >= 4 is 33.2 Å². The Hall–Kier alpha value is -0.430. The summed E-state index contributed by atoms with van der Waals surface area (Å²) < 4.78 is 1.08. The number of nitrogens with zero attached hydrogens (tertiary/aromatic N) is 1. The Bertz CT molecular complexity index is 410. The number of hydrogen-bond acceptors (Lipinski definition) is 4. The van der Waals surface area contributed by atoms with Crippen LogP contribution < -0.4 is 10.6 Å². The van der Waals surface area contributed by atoms with Crippen molar-refractivity contribution in [2.45, 2.75) is 19.0 Å². The van der Waals surface area contributed by atoms with E-state index >= 15 is 0 Å². The summed E-state index contributed by atoms with van der Waals surface area (Å²) in [5, 5.41) is 8.37. The van der Waals surface area contributed by atoms with E-state index in [2.05, 4.69) is 38.5 Å². The number of thiophene rings is 1. The van der Waals surface area contributed by atoms with Gasteiger partial charge in [-0.3, -0.25) is 4.79 Å². The monoisotopic (exact) mass is 331 g/mol. The molecule has 1 saturated heterocycles. The average molecular weight is 332 g/mol. The van der Waals surface area contributed by atoms with Crippen LogP contribution in [0.2, 0.25) is 0 Å². The van der Waals surface area contributed by atoms with Crippen LogP contribution in [0.5, 0.6) is 0 Å². The smallest absolute Gasteiger partial charge is 0.221 e. The molecule has 0 aliphatic carbocycles. The highest BCUT2D eigenvalue weighted by Crippen LogP contribution is 2.19. The molecule has 0 aromatic carbocycles. The molecule has 4 nitrogen and oxygen atoms in total. The highest BCUT2D eigenvalue weighted by atomic mass is 79.9. The second kappa shape index (κ2) is 6.65. The normalized spacial score (nSPS) is 20.9. The highest BCUT2D eigenvalue weighted by molar-refractivity contribution is 9.10. The Morgan fingerprint density at radius 1 is 1.72 bits per heavy atom. The molecule has 1 aromatic rings. The summed E-state index contributed by atoms with van der Waals surface area (Å²) >= 11 is 5.06. The van der Waals surface area contributed by atoms with Gasteiger partial charge < -0.3 is 15.5 Å². The predicted octanol–water partition coefficient (Wildman–Crippen LogP) is 1.42. The molecule has 0 radical (unpaired) electrons. The lowest BCUT2D eigenvalue weighted by Gasteiger charge is -2.30. The first kappa shape index (κ1) is 14.0. The minimum atomic E-state index is 0.118. The van der Waals surface area contributed by atoms with Gasteiger partial charge in [0.25, 0.3) is 0 Å². The van der Waals surface area contributed by atoms with Crippen LogP contribution in [0, 0.1) is 0 Å². The van der Waals surface area contributed by atoms with Gasteiger partial charge in [-0.15, -0.1) is 11.3 Å². The number of rotatable bonds is 4. The molecule has 0 bridgehead atoms. The number of nitrogens with one attached hydrogen (secondary N) is 2. The van der Waals surface area contributed by atoms with Crippen LogP contribution in [-0.4, -0.2) is 43.5 Å². The molecule has 1 unspecified atom stereocenters. The maximum absolute atomic E-state index is 11.8. The molecule has 0 spiro atoms. The Labute approximate surface area is 120 Å². The molecule has 2 heterocycles. The van der Waals surface area contributed by atoms with Crippen molar-refractivity contribution in [3.05, 3.63) is 20.8 Å². The van der Waals surface area contributed by atoms with Gasteiger partial charge in [0.1, 0.15) is 0 Å². The highest BCUT2D eigenvalue weighted by Gasteiger charge is 2.19. The van der Waals surface area contributed by atoms with Gasteiger partial charge in [-0.25, -0.2) is 0 Å². The zero-order valence-electron chi connectivity index (χ0n) is 10.4. The molecule has 1 aromatic heterocycles. The quantitative estimate of drug-likeness (QED) is 0.877. The van der Waals surface area contributed by atoms with E-state index in [9.17, 15) is 4.79 Å². The molecule has 2 N–H and O–H groups in total. The first-order chi connectivity index (χ1) is 8.63. The zero-order chi connectivity index (χ0) is 13.0. The number of amides is 1. The van der Waals surface area contributed by atoms with Crippen molar-refractivity contribution in [1.29, 1.82) is 0 Å². The van der Waals surface area contributed by atoms with Gasteiger partial charge in [-0.1, -0.05) is 0 Å². The number of likely N-dealkylation sites (N-methyl/N-ethyl adjacent to an activating group) is 1. The number of halogens is 1. The molecule has 6 heteroatoms. The largest absolute Gasteiger partial charge is 0.351 e. The predicted molar refractivity (Wildman–Crippen MR) is 77.8 cm³/mol. The lowest BCUT2D eigenvalue weighted by molar-refractivity contribution is -0.121. The van der Waals surface area contributed by atoms with Crippen LogP contribution in [-0.2, 0) is 11.3 Å². The third-order valence-corrected chi connectivity index (χ3v) is 4.67. The fraction of sp³-hybridized carbons (Fsp3) is 0.583. The lowest BCUT2D eigenvalue weighted by Crippen LogP contribution is -2.50. The van der Waals surface area contributed by atoms with E-state index in [-0.39, 0.29) is 11.9 Å². The molecule has 2 rings (SSSR count). The molecule has 1 aliphatic rings. The molecule has 1 aliphatic heterocycles. The molecule has 1 fully saturated rings. The second-order valence-corrected chi connectivity index (χ2v) is 6.54. The molecule has 100 valence electrons. The summed E-state index contributed by atoms with van der Waals surface area (Å²) in [5.41, 5.74) is 0. The van der Waals surface area contributed by atoms with Crippen LogP contribution in [0.3, 0.4) is 0 Å². The van der Waals surface area contributed by atoms with Crippen molar-refractivity contribution in [2.24, 2.45) is 0 Å². The molecule has 0 saturated carbocycles. The van der Waals surface area contributed by atoms with E-state index in [0.29, 0.717) is 13.0 Å². The first-order valence-electron chi connectivity index (χ1n) is 6.05. The van der Waals surface area contributed by atoms with Gasteiger partial charge in [0.15, 0.2) is 0 Å². The van der Waals surface area contributed by atoms with Gasteiger partial charge >= 0.3 is 0 Å². The van der Waals surface area contributed by atoms with E-state index in [0.717, 1.165) is 24.1 Å². The second-order valence-electron chi connectivity index (χ2n) is 4.63. The van der Waals surface area contributed by atoms with Gasteiger partial charge in [0, 0.05) is 46.8 Å². The van der Waals surface area contributed by atoms with Crippen molar-refractivity contribution in [2.75, 3.05) is 26.7 Å². The fourth-order valence-corrected chi connectivity index (χ4v) is 3.45. The molecular weight excluding hydrogens is 314 g/mol. The maximum Gasteiger partial charge on any atom is 0.221 e. The third kappa shape index (κ3) is 4.35. The van der Waals surface area contributed by atoms with Gasteiger partial charge in [0.05, 0.1) is 6.54 Å². The van der Waals surface area contributed by atoms with Crippen molar-refractivity contribution in [3.63, 3.8) is 0 Å². The van der Waals surface area contributed by atoms with Crippen molar-refractivity contribution in [1.82, 2.24) is 15.5 Å². The van der Waals surface area contributed by atoms with Gasteiger partial charge in [-0.05, 0) is 29.0 Å². The summed E-state index contributed by atoms with van der Waals surface area (Å²) in [6.45, 7) is 3.59. The summed E-state index contributed by atoms with van der Waals surface area (Å²) in [6, 6.07) is 2.32. The molecule has 18 heavy (non-hydrogen) atoms. The number of hydrogen-bond donors (Lipinski definition) is 2. The Morgan fingerprint density at radius 3 is 3.22 bits per heavy atom. The standard InChI is InChI=1S/C12H18BrN3OS/c1-16-3-2-14-10(7-16)5-12(17)15-6-11-4-9(13)8-18-11/h4,8,10,14H,2-3,5-7H2,1H3,(H,15,17). The number of carbonyl (C=O) groups excluding carboxylic acids is 1.